The number of fused-ring (bicyclic) bond motifs is 1. The Morgan fingerprint density at radius 2 is 2.00 bits per heavy atom. The average molecular weight is 257 g/mol. The number of hydrogen-bond acceptors (Lipinski definition) is 2. The Labute approximate surface area is 92.0 Å². The van der Waals surface area contributed by atoms with Gasteiger partial charge in [-0.1, -0.05) is 34.1 Å². The normalized spacial score (nSPS) is 29.1. The highest BCUT2D eigenvalue weighted by Crippen LogP contribution is 2.42. The summed E-state index contributed by atoms with van der Waals surface area (Å²) in [5.74, 6) is 0.778. The van der Waals surface area contributed by atoms with Crippen molar-refractivity contribution in [2.24, 2.45) is 0 Å². The van der Waals surface area contributed by atoms with Crippen LogP contribution in [0.2, 0.25) is 0 Å². The standard InChI is InChI=1S/C11H13BrO2/c1-11(2)10(12)9(13)7-5-3-4-6-8(7)14-11/h3-6,9-10,13H,1-2H3/t9-,10+/m0/s1. The highest BCUT2D eigenvalue weighted by Gasteiger charge is 2.41. The van der Waals surface area contributed by atoms with Crippen LogP contribution in [-0.2, 0) is 0 Å². The van der Waals surface area contributed by atoms with Crippen LogP contribution in [0, 0.1) is 0 Å². The molecule has 1 heterocycles. The van der Waals surface area contributed by atoms with E-state index in [0.717, 1.165) is 11.3 Å². The summed E-state index contributed by atoms with van der Waals surface area (Å²) in [5, 5.41) is 10.0. The number of hydrogen-bond donors (Lipinski definition) is 1. The van der Waals surface area contributed by atoms with E-state index in [4.69, 9.17) is 4.74 Å². The smallest absolute Gasteiger partial charge is 0.126 e. The van der Waals surface area contributed by atoms with Gasteiger partial charge in [0.2, 0.25) is 0 Å². The second-order valence-corrected chi connectivity index (χ2v) is 5.08. The monoisotopic (exact) mass is 256 g/mol. The number of aliphatic hydroxyl groups excluding tert-OH is 1. The van der Waals surface area contributed by atoms with Crippen LogP contribution in [0.3, 0.4) is 0 Å². The van der Waals surface area contributed by atoms with E-state index in [2.05, 4.69) is 15.9 Å². The molecular formula is C11H13BrO2. The van der Waals surface area contributed by atoms with E-state index in [1.165, 1.54) is 0 Å². The van der Waals surface area contributed by atoms with Gasteiger partial charge in [0.15, 0.2) is 0 Å². The number of para-hydroxylation sites is 1. The largest absolute Gasteiger partial charge is 0.486 e. The molecule has 0 radical (unpaired) electrons. The minimum atomic E-state index is -0.505. The van der Waals surface area contributed by atoms with E-state index in [9.17, 15) is 5.11 Å². The maximum atomic E-state index is 10.0. The number of benzene rings is 1. The molecule has 0 spiro atoms. The molecule has 0 saturated heterocycles. The SMILES string of the molecule is CC1(C)Oc2ccccc2[C@H](O)[C@H]1Br. The lowest BCUT2D eigenvalue weighted by Crippen LogP contribution is -2.45. The number of rotatable bonds is 0. The molecule has 0 bridgehead atoms. The zero-order valence-electron chi connectivity index (χ0n) is 8.20. The first-order valence-electron chi connectivity index (χ1n) is 4.62. The first-order valence-corrected chi connectivity index (χ1v) is 5.54. The van der Waals surface area contributed by atoms with Crippen molar-refractivity contribution < 1.29 is 9.84 Å². The van der Waals surface area contributed by atoms with Gasteiger partial charge in [0.25, 0.3) is 0 Å². The molecule has 14 heavy (non-hydrogen) atoms. The fourth-order valence-corrected chi connectivity index (χ4v) is 2.07. The molecule has 3 heteroatoms. The Balaban J connectivity index is 2.48. The summed E-state index contributed by atoms with van der Waals surface area (Å²) >= 11 is 3.47. The van der Waals surface area contributed by atoms with Crippen molar-refractivity contribution in [3.8, 4) is 5.75 Å². The molecule has 0 aromatic heterocycles. The summed E-state index contributed by atoms with van der Waals surface area (Å²) in [5.41, 5.74) is 0.474. The number of ether oxygens (including phenoxy) is 1. The molecule has 0 saturated carbocycles. The van der Waals surface area contributed by atoms with Crippen LogP contribution < -0.4 is 4.74 Å². The fourth-order valence-electron chi connectivity index (χ4n) is 1.70. The second kappa shape index (κ2) is 3.24. The topological polar surface area (TPSA) is 29.5 Å². The molecule has 2 rings (SSSR count). The quantitative estimate of drug-likeness (QED) is 0.724. The highest BCUT2D eigenvalue weighted by atomic mass is 79.9. The average Bonchev–Trinajstić information content (AvgIpc) is 2.14. The van der Waals surface area contributed by atoms with E-state index >= 15 is 0 Å². The molecule has 1 aromatic carbocycles. The van der Waals surface area contributed by atoms with Crippen LogP contribution in [0.4, 0.5) is 0 Å². The Morgan fingerprint density at radius 1 is 1.36 bits per heavy atom. The Kier molecular flexibility index (Phi) is 2.32. The van der Waals surface area contributed by atoms with E-state index in [1.807, 2.05) is 38.1 Å². The van der Waals surface area contributed by atoms with Gasteiger partial charge >= 0.3 is 0 Å². The molecule has 0 fully saturated rings. The molecule has 1 aromatic rings. The number of alkyl halides is 1. The molecule has 1 aliphatic heterocycles. The van der Waals surface area contributed by atoms with Crippen LogP contribution in [0.15, 0.2) is 24.3 Å². The lowest BCUT2D eigenvalue weighted by molar-refractivity contribution is 0.0226. The molecule has 0 aliphatic carbocycles. The highest BCUT2D eigenvalue weighted by molar-refractivity contribution is 9.09. The number of aliphatic hydroxyl groups is 1. The Hall–Kier alpha value is -0.540. The summed E-state index contributed by atoms with van der Waals surface area (Å²) in [6, 6.07) is 7.60. The fraction of sp³-hybridized carbons (Fsp3) is 0.455. The molecule has 76 valence electrons. The van der Waals surface area contributed by atoms with Crippen LogP contribution in [-0.4, -0.2) is 15.5 Å². The van der Waals surface area contributed by atoms with Crippen LogP contribution in [0.5, 0.6) is 5.75 Å². The van der Waals surface area contributed by atoms with Crippen molar-refractivity contribution in [3.05, 3.63) is 29.8 Å². The summed E-state index contributed by atoms with van der Waals surface area (Å²) < 4.78 is 5.80. The summed E-state index contributed by atoms with van der Waals surface area (Å²) in [6.45, 7) is 3.93. The zero-order chi connectivity index (χ0) is 10.3. The molecule has 0 amide bonds. The predicted molar refractivity (Wildman–Crippen MR) is 58.8 cm³/mol. The summed E-state index contributed by atoms with van der Waals surface area (Å²) in [4.78, 5) is -0.0788. The van der Waals surface area contributed by atoms with Crippen molar-refractivity contribution >= 4 is 15.9 Å². The summed E-state index contributed by atoms with van der Waals surface area (Å²) in [6.07, 6.45) is -0.505. The Bertz CT molecular complexity index is 349. The van der Waals surface area contributed by atoms with E-state index in [0.29, 0.717) is 0 Å². The lowest BCUT2D eigenvalue weighted by Gasteiger charge is -2.39. The molecular weight excluding hydrogens is 244 g/mol. The third-order valence-corrected chi connectivity index (χ3v) is 4.16. The van der Waals surface area contributed by atoms with Gasteiger partial charge in [-0.25, -0.2) is 0 Å². The van der Waals surface area contributed by atoms with Crippen LogP contribution in [0.1, 0.15) is 25.5 Å². The zero-order valence-corrected chi connectivity index (χ0v) is 9.78. The van der Waals surface area contributed by atoms with Crippen molar-refractivity contribution in [1.82, 2.24) is 0 Å². The van der Waals surface area contributed by atoms with Gasteiger partial charge in [0.05, 0.1) is 10.9 Å². The third-order valence-electron chi connectivity index (χ3n) is 2.55. The maximum Gasteiger partial charge on any atom is 0.126 e. The molecule has 0 unspecified atom stereocenters. The number of halogens is 1. The second-order valence-electron chi connectivity index (χ2n) is 4.09. The van der Waals surface area contributed by atoms with E-state index in [-0.39, 0.29) is 10.4 Å². The molecule has 2 nitrogen and oxygen atoms in total. The molecule has 1 aliphatic rings. The van der Waals surface area contributed by atoms with Gasteiger partial charge in [-0.2, -0.15) is 0 Å². The third kappa shape index (κ3) is 1.44. The van der Waals surface area contributed by atoms with Gasteiger partial charge in [-0.15, -0.1) is 0 Å². The van der Waals surface area contributed by atoms with Crippen molar-refractivity contribution in [2.75, 3.05) is 0 Å². The first kappa shape index (κ1) is 9.99. The molecule has 1 N–H and O–H groups in total. The van der Waals surface area contributed by atoms with Crippen molar-refractivity contribution in [1.29, 1.82) is 0 Å². The van der Waals surface area contributed by atoms with E-state index in [1.54, 1.807) is 0 Å². The van der Waals surface area contributed by atoms with Gasteiger partial charge < -0.3 is 9.84 Å². The van der Waals surface area contributed by atoms with Gasteiger partial charge in [-0.05, 0) is 19.9 Å². The minimum Gasteiger partial charge on any atom is -0.486 e. The van der Waals surface area contributed by atoms with Gasteiger partial charge in [0.1, 0.15) is 11.4 Å². The van der Waals surface area contributed by atoms with Crippen molar-refractivity contribution in [2.45, 2.75) is 30.4 Å². The summed E-state index contributed by atoms with van der Waals surface area (Å²) in [7, 11) is 0. The van der Waals surface area contributed by atoms with Crippen LogP contribution >= 0.6 is 15.9 Å². The first-order chi connectivity index (χ1) is 6.52. The Morgan fingerprint density at radius 3 is 2.71 bits per heavy atom. The maximum absolute atomic E-state index is 10.0. The van der Waals surface area contributed by atoms with Crippen LogP contribution in [0.25, 0.3) is 0 Å². The van der Waals surface area contributed by atoms with E-state index < -0.39 is 6.10 Å². The van der Waals surface area contributed by atoms with Gasteiger partial charge in [-0.3, -0.25) is 0 Å². The van der Waals surface area contributed by atoms with Crippen molar-refractivity contribution in [3.63, 3.8) is 0 Å². The molecule has 2 atom stereocenters. The van der Waals surface area contributed by atoms with Gasteiger partial charge in [0, 0.05) is 5.56 Å². The lowest BCUT2D eigenvalue weighted by atomic mass is 9.92. The minimum absolute atomic E-state index is 0.0788. The predicted octanol–water partition coefficient (Wildman–Crippen LogP) is 2.65.